The minimum Gasteiger partial charge on any atom is -0.494 e. The van der Waals surface area contributed by atoms with Crippen LogP contribution in [-0.4, -0.2) is 53.8 Å². The number of esters is 1. The van der Waals surface area contributed by atoms with Gasteiger partial charge in [-0.1, -0.05) is 51.1 Å². The maximum absolute atomic E-state index is 14.0. The summed E-state index contributed by atoms with van der Waals surface area (Å²) in [7, 11) is 0. The zero-order chi connectivity index (χ0) is 30.1. The van der Waals surface area contributed by atoms with E-state index in [1.807, 2.05) is 63.2 Å². The molecule has 2 atom stereocenters. The predicted octanol–water partition coefficient (Wildman–Crippen LogP) is 4.88. The first kappa shape index (κ1) is 32.1. The zero-order valence-electron chi connectivity index (χ0n) is 25.2. The molecule has 3 N–H and O–H groups in total. The second-order valence-electron chi connectivity index (χ2n) is 12.5. The number of nitrogens with zero attached hydrogens (tertiary/aromatic N) is 1. The van der Waals surface area contributed by atoms with E-state index in [0.717, 1.165) is 12.0 Å². The van der Waals surface area contributed by atoms with Crippen molar-refractivity contribution in [3.63, 3.8) is 0 Å². The summed E-state index contributed by atoms with van der Waals surface area (Å²) in [5.74, 6) is 0.153. The third-order valence-corrected chi connectivity index (χ3v) is 6.46. The van der Waals surface area contributed by atoms with Crippen LogP contribution in [0.15, 0.2) is 59.6 Å². The minimum atomic E-state index is -1.43. The fraction of sp³-hybridized carbons (Fsp3) is 0.531. The van der Waals surface area contributed by atoms with Crippen molar-refractivity contribution in [1.82, 2.24) is 10.9 Å². The van der Waals surface area contributed by atoms with Crippen LogP contribution in [0.5, 0.6) is 5.75 Å². The van der Waals surface area contributed by atoms with Gasteiger partial charge in [0.2, 0.25) is 5.90 Å². The van der Waals surface area contributed by atoms with Gasteiger partial charge < -0.3 is 19.3 Å². The van der Waals surface area contributed by atoms with E-state index >= 15 is 0 Å². The Morgan fingerprint density at radius 2 is 1.71 bits per heavy atom. The lowest BCUT2D eigenvalue weighted by Gasteiger charge is -2.31. The van der Waals surface area contributed by atoms with Gasteiger partial charge in [-0.2, -0.15) is 0 Å². The van der Waals surface area contributed by atoms with Gasteiger partial charge in [-0.15, -0.1) is 0 Å². The van der Waals surface area contributed by atoms with Gasteiger partial charge in [0.15, 0.2) is 11.6 Å². The Morgan fingerprint density at radius 3 is 2.32 bits per heavy atom. The van der Waals surface area contributed by atoms with Gasteiger partial charge in [-0.25, -0.2) is 10.4 Å². The van der Waals surface area contributed by atoms with Gasteiger partial charge in [0.25, 0.3) is 5.91 Å². The van der Waals surface area contributed by atoms with Crippen LogP contribution in [0.2, 0.25) is 0 Å². The maximum atomic E-state index is 14.0. The molecule has 3 rings (SSSR count). The Morgan fingerprint density at radius 1 is 1.02 bits per heavy atom. The summed E-state index contributed by atoms with van der Waals surface area (Å²) in [5, 5.41) is 9.00. The molecule has 41 heavy (non-hydrogen) atoms. The van der Waals surface area contributed by atoms with Crippen molar-refractivity contribution >= 4 is 17.8 Å². The van der Waals surface area contributed by atoms with Crippen molar-refractivity contribution in [3.05, 3.63) is 65.7 Å². The Labute approximate surface area is 243 Å². The Hall–Kier alpha value is -3.43. The fourth-order valence-corrected chi connectivity index (χ4v) is 4.37. The zero-order valence-corrected chi connectivity index (χ0v) is 25.2. The van der Waals surface area contributed by atoms with Crippen molar-refractivity contribution in [3.8, 4) is 5.75 Å². The summed E-state index contributed by atoms with van der Waals surface area (Å²) in [6, 6.07) is 16.7. The third-order valence-electron chi connectivity index (χ3n) is 6.46. The van der Waals surface area contributed by atoms with Gasteiger partial charge in [-0.05, 0) is 68.9 Å². The lowest BCUT2D eigenvalue weighted by molar-refractivity contribution is -0.155. The van der Waals surface area contributed by atoms with E-state index in [9.17, 15) is 9.59 Å². The normalized spacial score (nSPS) is 18.8. The molecule has 0 saturated heterocycles. The van der Waals surface area contributed by atoms with Gasteiger partial charge in [0, 0.05) is 31.6 Å². The van der Waals surface area contributed by atoms with E-state index in [0.29, 0.717) is 36.8 Å². The molecule has 0 bridgehead atoms. The van der Waals surface area contributed by atoms with Crippen LogP contribution in [0.1, 0.15) is 84.5 Å². The van der Waals surface area contributed by atoms with Crippen molar-refractivity contribution in [2.45, 2.75) is 84.5 Å². The molecule has 1 aliphatic rings. The molecule has 1 aliphatic heterocycles. The van der Waals surface area contributed by atoms with Crippen LogP contribution in [0.25, 0.3) is 0 Å². The predicted molar refractivity (Wildman–Crippen MR) is 158 cm³/mol. The molecule has 0 fully saturated rings. The smallest absolute Gasteiger partial charge is 0.306 e. The monoisotopic (exact) mass is 567 g/mol. The molecule has 1 amide bonds. The van der Waals surface area contributed by atoms with Crippen LogP contribution >= 0.6 is 0 Å². The van der Waals surface area contributed by atoms with Crippen molar-refractivity contribution < 1.29 is 28.9 Å². The van der Waals surface area contributed by atoms with Gasteiger partial charge in [0.1, 0.15) is 11.4 Å². The molecule has 2 aromatic carbocycles. The minimum absolute atomic E-state index is 0.0200. The number of ether oxygens (including phenoxy) is 3. The average molecular weight is 568 g/mol. The SMILES string of the molecule is CC(C)(C)CCNNC(=O)[C@@]1(CCC(=O)OC(C)(C)C)N=C(c2ccc(OCCCO)cc2)O[C@H]1c1ccccc1. The van der Waals surface area contributed by atoms with Crippen LogP contribution in [0.4, 0.5) is 0 Å². The second kappa shape index (κ2) is 14.0. The molecule has 224 valence electrons. The molecule has 2 aromatic rings. The molecule has 0 aromatic heterocycles. The Balaban J connectivity index is 1.96. The number of hydrogen-bond donors (Lipinski definition) is 3. The number of aliphatic hydroxyl groups is 1. The van der Waals surface area contributed by atoms with E-state index in [1.165, 1.54) is 0 Å². The second-order valence-corrected chi connectivity index (χ2v) is 12.5. The molecule has 0 saturated carbocycles. The summed E-state index contributed by atoms with van der Waals surface area (Å²) in [6.45, 7) is 12.9. The average Bonchev–Trinajstić information content (AvgIpc) is 3.30. The highest BCUT2D eigenvalue weighted by Crippen LogP contribution is 2.43. The van der Waals surface area contributed by atoms with Crippen molar-refractivity contribution in [2.75, 3.05) is 19.8 Å². The molecule has 0 unspecified atom stereocenters. The van der Waals surface area contributed by atoms with E-state index in [1.54, 1.807) is 12.1 Å². The molecular weight excluding hydrogens is 522 g/mol. The number of benzene rings is 2. The number of carbonyl (C=O) groups is 2. The standard InChI is InChI=1S/C32H45N3O6/c1-30(2,3)19-20-33-35-29(38)32(18-17-26(37)41-31(4,5)6)27(23-11-8-7-9-12-23)40-28(34-32)24-13-15-25(16-14-24)39-22-10-21-36/h7-9,11-16,27,33,36H,10,17-22H2,1-6H3,(H,35,38)/t27-,32-/m0/s1. The number of amides is 1. The number of hydrazine groups is 1. The van der Waals surface area contributed by atoms with Crippen molar-refractivity contribution in [1.29, 1.82) is 0 Å². The number of aliphatic hydroxyl groups excluding tert-OH is 1. The number of hydrogen-bond acceptors (Lipinski definition) is 8. The molecule has 0 spiro atoms. The first-order valence-electron chi connectivity index (χ1n) is 14.2. The van der Waals surface area contributed by atoms with Crippen LogP contribution in [0.3, 0.4) is 0 Å². The number of carbonyl (C=O) groups excluding carboxylic acids is 2. The first-order valence-corrected chi connectivity index (χ1v) is 14.2. The molecule has 0 aliphatic carbocycles. The lowest BCUT2D eigenvalue weighted by atomic mass is 9.83. The number of nitrogens with one attached hydrogen (secondary N) is 2. The fourth-order valence-electron chi connectivity index (χ4n) is 4.37. The molecule has 9 nitrogen and oxygen atoms in total. The van der Waals surface area contributed by atoms with Gasteiger partial charge in [-0.3, -0.25) is 15.0 Å². The lowest BCUT2D eigenvalue weighted by Crippen LogP contribution is -2.53. The largest absolute Gasteiger partial charge is 0.494 e. The van der Waals surface area contributed by atoms with Gasteiger partial charge >= 0.3 is 5.97 Å². The molecule has 9 heteroatoms. The Kier molecular flexibility index (Phi) is 10.9. The van der Waals surface area contributed by atoms with Crippen LogP contribution in [-0.2, 0) is 19.1 Å². The summed E-state index contributed by atoms with van der Waals surface area (Å²) in [4.78, 5) is 31.7. The molecule has 1 heterocycles. The summed E-state index contributed by atoms with van der Waals surface area (Å²) in [5.41, 5.74) is 5.35. The highest BCUT2D eigenvalue weighted by atomic mass is 16.6. The molecule has 0 radical (unpaired) electrons. The summed E-state index contributed by atoms with van der Waals surface area (Å²) in [6.07, 6.45) is 0.674. The van der Waals surface area contributed by atoms with E-state index in [2.05, 4.69) is 31.6 Å². The number of rotatable bonds is 13. The van der Waals surface area contributed by atoms with Crippen molar-refractivity contribution in [2.24, 2.45) is 10.4 Å². The van der Waals surface area contributed by atoms with E-state index in [4.69, 9.17) is 24.3 Å². The molecular formula is C32H45N3O6. The highest BCUT2D eigenvalue weighted by molar-refractivity contribution is 6.01. The Bertz CT molecular complexity index is 1170. The quantitative estimate of drug-likeness (QED) is 0.179. The highest BCUT2D eigenvalue weighted by Gasteiger charge is 2.53. The van der Waals surface area contributed by atoms with E-state index < -0.39 is 23.2 Å². The topological polar surface area (TPSA) is 118 Å². The summed E-state index contributed by atoms with van der Waals surface area (Å²) < 4.78 is 17.6. The maximum Gasteiger partial charge on any atom is 0.306 e. The van der Waals surface area contributed by atoms with E-state index in [-0.39, 0.29) is 30.8 Å². The van der Waals surface area contributed by atoms with Gasteiger partial charge in [0.05, 0.1) is 6.61 Å². The summed E-state index contributed by atoms with van der Waals surface area (Å²) >= 11 is 0. The van der Waals surface area contributed by atoms with Crippen LogP contribution in [0, 0.1) is 5.41 Å². The first-order chi connectivity index (χ1) is 19.3. The van der Waals surface area contributed by atoms with Crippen LogP contribution < -0.4 is 15.6 Å². The third kappa shape index (κ3) is 9.57. The number of aliphatic imine (C=N–C) groups is 1.